The maximum atomic E-state index is 13.4. The molecular weight excluding hydrogens is 521 g/mol. The molecule has 0 bridgehead atoms. The number of carboxylic acids is 1. The number of nitrogens with one attached hydrogen (secondary N) is 1. The zero-order valence-corrected chi connectivity index (χ0v) is 23.3. The van der Waals surface area contributed by atoms with Gasteiger partial charge in [-0.05, 0) is 44.7 Å². The summed E-state index contributed by atoms with van der Waals surface area (Å²) in [6, 6.07) is 25.4. The van der Waals surface area contributed by atoms with Crippen molar-refractivity contribution in [2.24, 2.45) is 9.98 Å². The van der Waals surface area contributed by atoms with Crippen LogP contribution in [0.25, 0.3) is 0 Å². The minimum absolute atomic E-state index is 0. The van der Waals surface area contributed by atoms with Gasteiger partial charge in [0.1, 0.15) is 0 Å². The Morgan fingerprint density at radius 3 is 2.11 bits per heavy atom. The van der Waals surface area contributed by atoms with Gasteiger partial charge in [-0.15, -0.1) is 0 Å². The Hall–Kier alpha value is -3.28. The molecule has 3 aromatic carbocycles. The summed E-state index contributed by atoms with van der Waals surface area (Å²) in [5.74, 6) is -1.55. The van der Waals surface area contributed by atoms with E-state index >= 15 is 0 Å². The minimum Gasteiger partial charge on any atom is -0.860 e. The van der Waals surface area contributed by atoms with Crippen molar-refractivity contribution in [3.05, 3.63) is 102 Å². The third-order valence-corrected chi connectivity index (χ3v) is 6.23. The maximum absolute atomic E-state index is 13.4. The Morgan fingerprint density at radius 2 is 1.50 bits per heavy atom. The predicted octanol–water partition coefficient (Wildman–Crippen LogP) is 4.35. The van der Waals surface area contributed by atoms with Gasteiger partial charge in [0.2, 0.25) is 0 Å². The van der Waals surface area contributed by atoms with Crippen molar-refractivity contribution >= 4 is 23.3 Å². The van der Waals surface area contributed by atoms with Crippen LogP contribution >= 0.6 is 0 Å². The average Bonchev–Trinajstić information content (AvgIpc) is 2.90. The van der Waals surface area contributed by atoms with Crippen molar-refractivity contribution in [2.45, 2.75) is 64.6 Å². The molecule has 0 fully saturated rings. The second-order valence-electron chi connectivity index (χ2n) is 9.66. The third kappa shape index (κ3) is 8.37. The van der Waals surface area contributed by atoms with Gasteiger partial charge in [0.15, 0.2) is 0 Å². The van der Waals surface area contributed by atoms with Gasteiger partial charge in [0.25, 0.3) is 0 Å². The molecule has 0 aliphatic heterocycles. The summed E-state index contributed by atoms with van der Waals surface area (Å²) in [6.07, 6.45) is 1.94. The molecule has 0 unspecified atom stereocenters. The summed E-state index contributed by atoms with van der Waals surface area (Å²) in [4.78, 5) is 21.0. The summed E-state index contributed by atoms with van der Waals surface area (Å²) >= 11 is 0. The zero-order valence-electron chi connectivity index (χ0n) is 22.3. The number of hydrogen-bond donors (Lipinski definition) is 1. The number of aliphatic imine (C=N–C) groups is 2. The van der Waals surface area contributed by atoms with Gasteiger partial charge < -0.3 is 20.3 Å². The molecule has 0 heterocycles. The summed E-state index contributed by atoms with van der Waals surface area (Å²) in [5, 5.41) is 28.7. The zero-order chi connectivity index (χ0) is 26.8. The van der Waals surface area contributed by atoms with Crippen molar-refractivity contribution < 1.29 is 31.5 Å². The largest absolute Gasteiger partial charge is 2.00 e. The Bertz CT molecular complexity index is 1230. The molecule has 6 nitrogen and oxygen atoms in total. The van der Waals surface area contributed by atoms with Crippen molar-refractivity contribution in [2.75, 3.05) is 0 Å². The molecule has 0 saturated carbocycles. The van der Waals surface area contributed by atoms with E-state index in [1.165, 1.54) is 0 Å². The summed E-state index contributed by atoms with van der Waals surface area (Å²) in [5.41, 5.74) is 2.38. The molecule has 202 valence electrons. The number of hydrogen-bond acceptors (Lipinski definition) is 6. The Labute approximate surface area is 235 Å². The van der Waals surface area contributed by atoms with Crippen LogP contribution in [0.2, 0.25) is 0 Å². The fraction of sp³-hybridized carbons (Fsp3) is 0.323. The molecule has 0 aliphatic carbocycles. The van der Waals surface area contributed by atoms with E-state index in [-0.39, 0.29) is 28.4 Å². The average molecular weight is 556 g/mol. The van der Waals surface area contributed by atoms with Gasteiger partial charge >= 0.3 is 16.5 Å². The monoisotopic (exact) mass is 555 g/mol. The molecule has 0 aromatic heterocycles. The van der Waals surface area contributed by atoms with Crippen LogP contribution in [-0.2, 0) is 21.3 Å². The molecule has 3 rings (SSSR count). The van der Waals surface area contributed by atoms with E-state index in [1.54, 1.807) is 12.1 Å². The van der Waals surface area contributed by atoms with E-state index in [0.717, 1.165) is 17.5 Å². The van der Waals surface area contributed by atoms with Gasteiger partial charge in [-0.3, -0.25) is 9.98 Å². The van der Waals surface area contributed by atoms with Crippen LogP contribution in [-0.4, -0.2) is 29.2 Å². The normalized spacial score (nSPS) is 13.9. The molecule has 2 atom stereocenters. The van der Waals surface area contributed by atoms with Crippen molar-refractivity contribution in [3.8, 4) is 0 Å². The summed E-state index contributed by atoms with van der Waals surface area (Å²) in [7, 11) is 0. The van der Waals surface area contributed by atoms with Crippen LogP contribution in [0, 0.1) is 0 Å². The number of carboxylic acid groups (broad SMARTS) is 1. The second kappa shape index (κ2) is 14.6. The van der Waals surface area contributed by atoms with Crippen molar-refractivity contribution in [3.63, 3.8) is 0 Å². The van der Waals surface area contributed by atoms with Gasteiger partial charge in [0.05, 0.1) is 23.4 Å². The Morgan fingerprint density at radius 1 is 0.921 bits per heavy atom. The first kappa shape index (κ1) is 30.9. The molecule has 0 radical (unpaired) electrons. The van der Waals surface area contributed by atoms with Crippen LogP contribution in [0.3, 0.4) is 0 Å². The Kier molecular flexibility index (Phi) is 11.9. The summed E-state index contributed by atoms with van der Waals surface area (Å²) in [6.45, 7) is 7.63. The minimum atomic E-state index is -1.22. The predicted molar refractivity (Wildman–Crippen MR) is 146 cm³/mol. The van der Waals surface area contributed by atoms with Gasteiger partial charge in [-0.2, -0.15) is 0 Å². The molecular formula is C31H35N3NiO3. The first-order valence-corrected chi connectivity index (χ1v) is 12.7. The van der Waals surface area contributed by atoms with Crippen LogP contribution in [0.5, 0.6) is 0 Å². The van der Waals surface area contributed by atoms with Crippen LogP contribution in [0.4, 0.5) is 5.69 Å². The number of aliphatic carboxylic acids is 1. The van der Waals surface area contributed by atoms with E-state index < -0.39 is 17.6 Å². The molecule has 0 amide bonds. The number of nitrogens with zero attached hydrogens (tertiary/aromatic N) is 2. The molecule has 0 aliphatic rings. The van der Waals surface area contributed by atoms with E-state index in [2.05, 4.69) is 15.3 Å². The topological polar surface area (TPSA) is 99.9 Å². The smallest absolute Gasteiger partial charge is 0.860 e. The second-order valence-corrected chi connectivity index (χ2v) is 9.66. The van der Waals surface area contributed by atoms with Gasteiger partial charge in [0, 0.05) is 22.7 Å². The van der Waals surface area contributed by atoms with Gasteiger partial charge in [-0.25, -0.2) is 0 Å². The number of carbonyl (C=O) groups excluding carboxylic acids is 1. The number of para-hydroxylation sites is 1. The maximum Gasteiger partial charge on any atom is 2.00 e. The molecule has 7 heteroatoms. The Balaban J connectivity index is 0.00000507. The fourth-order valence-electron chi connectivity index (χ4n) is 4.13. The van der Waals surface area contributed by atoms with Gasteiger partial charge in [-0.1, -0.05) is 98.6 Å². The summed E-state index contributed by atoms with van der Waals surface area (Å²) < 4.78 is 0. The molecule has 1 N–H and O–H groups in total. The SMILES string of the molecule is CCCC[C@@H](N=C(c1ccccc1)c1ccccc1N=C([O-])C(C)(C)N[C@@H](C)c1ccccc1)C(=O)[O-].[Ni+2]. The fourth-order valence-corrected chi connectivity index (χ4v) is 4.13. The molecule has 3 aromatic rings. The molecule has 38 heavy (non-hydrogen) atoms. The molecule has 0 spiro atoms. The van der Waals surface area contributed by atoms with E-state index in [4.69, 9.17) is 0 Å². The van der Waals surface area contributed by atoms with Crippen LogP contribution < -0.4 is 15.5 Å². The quantitative estimate of drug-likeness (QED) is 0.204. The van der Waals surface area contributed by atoms with Crippen LogP contribution in [0.1, 0.15) is 69.7 Å². The van der Waals surface area contributed by atoms with Crippen LogP contribution in [0.15, 0.2) is 94.9 Å². The standard InChI is InChI=1S/C31H37N3O3.Ni/c1-5-6-20-27(29(35)36)32-28(24-17-11-8-12-18-24)25-19-13-14-21-26(25)33-30(37)31(3,4)34-22(2)23-15-9-7-10-16-23;/h7-19,21-22,27,34H,5-6,20H2,1-4H3,(H,33,37)(H,35,36);/q;+2/p-2/t22-,27+;/m0./s1. The first-order chi connectivity index (χ1) is 17.7. The molecule has 0 saturated heterocycles. The first-order valence-electron chi connectivity index (χ1n) is 12.7. The number of unbranched alkanes of at least 4 members (excludes halogenated alkanes) is 1. The number of carbonyl (C=O) groups is 1. The third-order valence-electron chi connectivity index (χ3n) is 6.23. The number of rotatable bonds is 12. The van der Waals surface area contributed by atoms with E-state index in [1.807, 2.05) is 100 Å². The van der Waals surface area contributed by atoms with Crippen molar-refractivity contribution in [1.29, 1.82) is 0 Å². The number of benzene rings is 3. The van der Waals surface area contributed by atoms with Crippen molar-refractivity contribution in [1.82, 2.24) is 5.32 Å². The van der Waals surface area contributed by atoms with E-state index in [0.29, 0.717) is 29.8 Å². The van der Waals surface area contributed by atoms with E-state index in [9.17, 15) is 15.0 Å².